The molecule has 3 rings (SSSR count). The third-order valence-corrected chi connectivity index (χ3v) is 5.93. The number of aromatic nitrogens is 3. The standard InChI is InChI=1S/C22H25ClN4OS/c1-26(14-6-7-17-10-12-19(28-3)13-11-17)15-21-24-25-22(27(21)2)29-16-18-8-4-5-9-20(18)23/h4-13H,14-16H2,1-3H3/b7-6+. The van der Waals surface area contributed by atoms with E-state index >= 15 is 0 Å². The molecule has 0 bridgehead atoms. The highest BCUT2D eigenvalue weighted by molar-refractivity contribution is 7.98. The van der Waals surface area contributed by atoms with Gasteiger partial charge < -0.3 is 9.30 Å². The van der Waals surface area contributed by atoms with E-state index in [1.807, 2.05) is 60.1 Å². The van der Waals surface area contributed by atoms with E-state index in [0.717, 1.165) is 51.7 Å². The molecule has 7 heteroatoms. The van der Waals surface area contributed by atoms with Crippen molar-refractivity contribution in [3.63, 3.8) is 0 Å². The number of halogens is 1. The summed E-state index contributed by atoms with van der Waals surface area (Å²) in [6.07, 6.45) is 4.25. The summed E-state index contributed by atoms with van der Waals surface area (Å²) in [5, 5.41) is 10.4. The Kier molecular flexibility index (Phi) is 7.75. The topological polar surface area (TPSA) is 43.2 Å². The van der Waals surface area contributed by atoms with E-state index in [0.29, 0.717) is 0 Å². The van der Waals surface area contributed by atoms with Gasteiger partial charge in [-0.3, -0.25) is 4.90 Å². The maximum Gasteiger partial charge on any atom is 0.191 e. The van der Waals surface area contributed by atoms with Gasteiger partial charge in [0.2, 0.25) is 0 Å². The summed E-state index contributed by atoms with van der Waals surface area (Å²) in [4.78, 5) is 2.20. The van der Waals surface area contributed by atoms with Crippen LogP contribution < -0.4 is 4.74 Å². The van der Waals surface area contributed by atoms with Crippen LogP contribution in [0.1, 0.15) is 17.0 Å². The Bertz CT molecular complexity index is 956. The number of hydrogen-bond donors (Lipinski definition) is 0. The maximum absolute atomic E-state index is 6.24. The third kappa shape index (κ3) is 6.10. The fourth-order valence-corrected chi connectivity index (χ4v) is 3.97. The van der Waals surface area contributed by atoms with Gasteiger partial charge >= 0.3 is 0 Å². The van der Waals surface area contributed by atoms with Crippen LogP contribution in [0.5, 0.6) is 5.75 Å². The molecule has 0 fully saturated rings. The molecule has 0 atom stereocenters. The molecule has 2 aromatic carbocycles. The lowest BCUT2D eigenvalue weighted by atomic mass is 10.2. The van der Waals surface area contributed by atoms with Crippen LogP contribution in [0.4, 0.5) is 0 Å². The molecule has 0 spiro atoms. The Hall–Kier alpha value is -2.28. The first-order valence-electron chi connectivity index (χ1n) is 9.30. The summed E-state index contributed by atoms with van der Waals surface area (Å²) >= 11 is 7.88. The second kappa shape index (κ2) is 10.5. The molecule has 0 aliphatic heterocycles. The zero-order valence-electron chi connectivity index (χ0n) is 16.9. The Balaban J connectivity index is 1.52. The Morgan fingerprint density at radius 2 is 1.90 bits per heavy atom. The molecule has 0 radical (unpaired) electrons. The van der Waals surface area contributed by atoms with E-state index in [4.69, 9.17) is 16.3 Å². The van der Waals surface area contributed by atoms with Crippen molar-refractivity contribution in [2.45, 2.75) is 17.5 Å². The van der Waals surface area contributed by atoms with Gasteiger partial charge in [-0.1, -0.05) is 65.8 Å². The molecule has 0 amide bonds. The summed E-state index contributed by atoms with van der Waals surface area (Å²) in [6, 6.07) is 15.9. The molecule has 0 saturated heterocycles. The molecule has 0 N–H and O–H groups in total. The molecule has 1 heterocycles. The van der Waals surface area contributed by atoms with Crippen LogP contribution in [0.3, 0.4) is 0 Å². The van der Waals surface area contributed by atoms with Crippen LogP contribution in [-0.4, -0.2) is 40.4 Å². The first-order chi connectivity index (χ1) is 14.1. The fraction of sp³-hybridized carbons (Fsp3) is 0.273. The van der Waals surface area contributed by atoms with Crippen LogP contribution in [0.2, 0.25) is 5.02 Å². The predicted molar refractivity (Wildman–Crippen MR) is 120 cm³/mol. The number of benzene rings is 2. The normalized spacial score (nSPS) is 11.5. The van der Waals surface area contributed by atoms with Crippen molar-refractivity contribution in [1.82, 2.24) is 19.7 Å². The van der Waals surface area contributed by atoms with Crippen LogP contribution in [0.25, 0.3) is 6.08 Å². The van der Waals surface area contributed by atoms with Crippen molar-refractivity contribution in [2.24, 2.45) is 7.05 Å². The second-order valence-corrected chi connectivity index (χ2v) is 8.06. The van der Waals surface area contributed by atoms with Gasteiger partial charge in [0.15, 0.2) is 5.16 Å². The van der Waals surface area contributed by atoms with Gasteiger partial charge in [-0.15, -0.1) is 10.2 Å². The van der Waals surface area contributed by atoms with Gasteiger partial charge in [-0.2, -0.15) is 0 Å². The molecule has 3 aromatic rings. The fourth-order valence-electron chi connectivity index (χ4n) is 2.76. The quantitative estimate of drug-likeness (QED) is 0.453. The Morgan fingerprint density at radius 3 is 2.62 bits per heavy atom. The number of hydrogen-bond acceptors (Lipinski definition) is 5. The minimum absolute atomic E-state index is 0.725. The SMILES string of the molecule is COc1ccc(/C=C/CN(C)Cc2nnc(SCc3ccccc3Cl)n2C)cc1. The second-order valence-electron chi connectivity index (χ2n) is 6.71. The van der Waals surface area contributed by atoms with E-state index < -0.39 is 0 Å². The van der Waals surface area contributed by atoms with Gasteiger partial charge in [0, 0.05) is 24.4 Å². The van der Waals surface area contributed by atoms with Crippen molar-refractivity contribution < 1.29 is 4.74 Å². The smallest absolute Gasteiger partial charge is 0.191 e. The van der Waals surface area contributed by atoms with E-state index in [1.54, 1.807) is 18.9 Å². The number of ether oxygens (including phenoxy) is 1. The number of likely N-dealkylation sites (N-methyl/N-ethyl adjacent to an activating group) is 1. The molecule has 29 heavy (non-hydrogen) atoms. The molecule has 0 unspecified atom stereocenters. The summed E-state index contributed by atoms with van der Waals surface area (Å²) in [6.45, 7) is 1.55. The predicted octanol–water partition coefficient (Wildman–Crippen LogP) is 4.91. The van der Waals surface area contributed by atoms with E-state index in [2.05, 4.69) is 34.3 Å². The lowest BCUT2D eigenvalue weighted by molar-refractivity contribution is 0.347. The minimum atomic E-state index is 0.725. The zero-order valence-corrected chi connectivity index (χ0v) is 18.5. The van der Waals surface area contributed by atoms with Gasteiger partial charge in [0.1, 0.15) is 11.6 Å². The van der Waals surface area contributed by atoms with Gasteiger partial charge in [0.05, 0.1) is 13.7 Å². The molecule has 0 aliphatic carbocycles. The van der Waals surface area contributed by atoms with E-state index in [9.17, 15) is 0 Å². The van der Waals surface area contributed by atoms with Gasteiger partial charge in [-0.25, -0.2) is 0 Å². The van der Waals surface area contributed by atoms with Crippen molar-refractivity contribution in [1.29, 1.82) is 0 Å². The van der Waals surface area contributed by atoms with Gasteiger partial charge in [0.25, 0.3) is 0 Å². The zero-order chi connectivity index (χ0) is 20.6. The average Bonchev–Trinajstić information content (AvgIpc) is 3.07. The molecular formula is C22H25ClN4OS. The lowest BCUT2D eigenvalue weighted by Crippen LogP contribution is -2.20. The van der Waals surface area contributed by atoms with Gasteiger partial charge in [-0.05, 0) is 36.4 Å². The van der Waals surface area contributed by atoms with Crippen molar-refractivity contribution >= 4 is 29.4 Å². The van der Waals surface area contributed by atoms with Crippen LogP contribution in [-0.2, 0) is 19.3 Å². The number of thioether (sulfide) groups is 1. The monoisotopic (exact) mass is 428 g/mol. The maximum atomic E-state index is 6.24. The number of nitrogens with zero attached hydrogens (tertiary/aromatic N) is 4. The highest BCUT2D eigenvalue weighted by atomic mass is 35.5. The molecule has 152 valence electrons. The van der Waals surface area contributed by atoms with Crippen LogP contribution >= 0.6 is 23.4 Å². The first kappa shape index (κ1) is 21.4. The lowest BCUT2D eigenvalue weighted by Gasteiger charge is -2.13. The highest BCUT2D eigenvalue weighted by Gasteiger charge is 2.11. The van der Waals surface area contributed by atoms with Crippen molar-refractivity contribution in [3.8, 4) is 5.75 Å². The molecular weight excluding hydrogens is 404 g/mol. The molecule has 5 nitrogen and oxygen atoms in total. The van der Waals surface area contributed by atoms with E-state index in [-0.39, 0.29) is 0 Å². The summed E-state index contributed by atoms with van der Waals surface area (Å²) in [5.41, 5.74) is 2.25. The van der Waals surface area contributed by atoms with Crippen LogP contribution in [0.15, 0.2) is 59.8 Å². The average molecular weight is 429 g/mol. The molecule has 0 aliphatic rings. The Morgan fingerprint density at radius 1 is 1.14 bits per heavy atom. The largest absolute Gasteiger partial charge is 0.497 e. The molecule has 0 saturated carbocycles. The number of methoxy groups -OCH3 is 1. The Labute approximate surface area is 181 Å². The highest BCUT2D eigenvalue weighted by Crippen LogP contribution is 2.25. The van der Waals surface area contributed by atoms with Crippen LogP contribution in [0, 0.1) is 0 Å². The first-order valence-corrected chi connectivity index (χ1v) is 10.7. The third-order valence-electron chi connectivity index (χ3n) is 4.49. The van der Waals surface area contributed by atoms with Crippen molar-refractivity contribution in [3.05, 3.63) is 76.6 Å². The summed E-state index contributed by atoms with van der Waals surface area (Å²) < 4.78 is 7.23. The van der Waals surface area contributed by atoms with E-state index in [1.165, 1.54) is 0 Å². The number of rotatable bonds is 9. The summed E-state index contributed by atoms with van der Waals surface area (Å²) in [7, 11) is 5.75. The van der Waals surface area contributed by atoms with Crippen molar-refractivity contribution in [2.75, 3.05) is 20.7 Å². The minimum Gasteiger partial charge on any atom is -0.497 e. The molecule has 1 aromatic heterocycles. The summed E-state index contributed by atoms with van der Waals surface area (Å²) in [5.74, 6) is 2.57.